The Morgan fingerprint density at radius 1 is 1.44 bits per heavy atom. The Morgan fingerprint density at radius 2 is 2.28 bits per heavy atom. The standard InChI is InChI=1S/C14H18N2O2/c1-10-7-13(17-3)8-12(16-10)9-15-11(2)14-5-4-6-18-14/h4-8,11,15H,9H2,1-3H3. The second-order valence-electron chi connectivity index (χ2n) is 4.26. The Bertz CT molecular complexity index is 495. The van der Waals surface area contributed by atoms with Crippen molar-refractivity contribution in [3.63, 3.8) is 0 Å². The van der Waals surface area contributed by atoms with Crippen LogP contribution in [0.15, 0.2) is 34.9 Å². The van der Waals surface area contributed by atoms with E-state index < -0.39 is 0 Å². The summed E-state index contributed by atoms with van der Waals surface area (Å²) in [5, 5.41) is 3.37. The number of ether oxygens (including phenoxy) is 1. The van der Waals surface area contributed by atoms with Crippen molar-refractivity contribution in [2.24, 2.45) is 0 Å². The molecule has 1 atom stereocenters. The van der Waals surface area contributed by atoms with E-state index in [1.165, 1.54) is 0 Å². The highest BCUT2D eigenvalue weighted by molar-refractivity contribution is 5.26. The van der Waals surface area contributed by atoms with Crippen LogP contribution < -0.4 is 10.1 Å². The minimum Gasteiger partial charge on any atom is -0.497 e. The molecular weight excluding hydrogens is 228 g/mol. The van der Waals surface area contributed by atoms with Crippen molar-refractivity contribution in [3.05, 3.63) is 47.7 Å². The summed E-state index contributed by atoms with van der Waals surface area (Å²) in [6.45, 7) is 4.70. The number of aryl methyl sites for hydroxylation is 1. The summed E-state index contributed by atoms with van der Waals surface area (Å²) in [6.07, 6.45) is 1.68. The third-order valence-electron chi connectivity index (χ3n) is 2.78. The van der Waals surface area contributed by atoms with Crippen LogP contribution in [0.5, 0.6) is 5.75 Å². The van der Waals surface area contributed by atoms with Gasteiger partial charge in [0, 0.05) is 24.4 Å². The number of nitrogens with zero attached hydrogens (tertiary/aromatic N) is 1. The van der Waals surface area contributed by atoms with E-state index in [4.69, 9.17) is 9.15 Å². The predicted molar refractivity (Wildman–Crippen MR) is 69.5 cm³/mol. The quantitative estimate of drug-likeness (QED) is 0.881. The number of furan rings is 1. The topological polar surface area (TPSA) is 47.3 Å². The molecule has 0 amide bonds. The van der Waals surface area contributed by atoms with Crippen LogP contribution in [0.1, 0.15) is 30.1 Å². The fourth-order valence-corrected chi connectivity index (χ4v) is 1.81. The zero-order valence-corrected chi connectivity index (χ0v) is 10.9. The first kappa shape index (κ1) is 12.6. The lowest BCUT2D eigenvalue weighted by atomic mass is 10.2. The molecule has 0 fully saturated rings. The molecule has 2 rings (SSSR count). The van der Waals surface area contributed by atoms with E-state index in [1.807, 2.05) is 31.2 Å². The van der Waals surface area contributed by atoms with Crippen LogP contribution in [0.25, 0.3) is 0 Å². The molecule has 0 aliphatic rings. The van der Waals surface area contributed by atoms with E-state index in [-0.39, 0.29) is 6.04 Å². The van der Waals surface area contributed by atoms with Gasteiger partial charge in [0.15, 0.2) is 0 Å². The summed E-state index contributed by atoms with van der Waals surface area (Å²) in [6, 6.07) is 7.87. The summed E-state index contributed by atoms with van der Waals surface area (Å²) in [5.41, 5.74) is 1.92. The minimum absolute atomic E-state index is 0.160. The smallest absolute Gasteiger partial charge is 0.122 e. The maximum Gasteiger partial charge on any atom is 0.122 e. The fourth-order valence-electron chi connectivity index (χ4n) is 1.81. The average molecular weight is 246 g/mol. The van der Waals surface area contributed by atoms with Gasteiger partial charge in [0.2, 0.25) is 0 Å². The zero-order chi connectivity index (χ0) is 13.0. The third-order valence-corrected chi connectivity index (χ3v) is 2.78. The van der Waals surface area contributed by atoms with Gasteiger partial charge < -0.3 is 14.5 Å². The first-order chi connectivity index (χ1) is 8.69. The number of nitrogens with one attached hydrogen (secondary N) is 1. The van der Waals surface area contributed by atoms with Gasteiger partial charge in [-0.25, -0.2) is 0 Å². The van der Waals surface area contributed by atoms with Crippen molar-refractivity contribution in [1.29, 1.82) is 0 Å². The van der Waals surface area contributed by atoms with Crippen molar-refractivity contribution in [1.82, 2.24) is 10.3 Å². The predicted octanol–water partition coefficient (Wildman–Crippen LogP) is 2.84. The fraction of sp³-hybridized carbons (Fsp3) is 0.357. The Morgan fingerprint density at radius 3 is 2.94 bits per heavy atom. The van der Waals surface area contributed by atoms with Gasteiger partial charge in [0.25, 0.3) is 0 Å². The molecule has 4 heteroatoms. The van der Waals surface area contributed by atoms with Crippen LogP contribution in [-0.4, -0.2) is 12.1 Å². The van der Waals surface area contributed by atoms with Crippen molar-refractivity contribution in [2.75, 3.05) is 7.11 Å². The van der Waals surface area contributed by atoms with E-state index >= 15 is 0 Å². The lowest BCUT2D eigenvalue weighted by molar-refractivity contribution is 0.410. The first-order valence-corrected chi connectivity index (χ1v) is 5.97. The van der Waals surface area contributed by atoms with Crippen molar-refractivity contribution >= 4 is 0 Å². The Balaban J connectivity index is 1.99. The SMILES string of the molecule is COc1cc(C)nc(CNC(C)c2ccco2)c1. The Labute approximate surface area is 107 Å². The highest BCUT2D eigenvalue weighted by Crippen LogP contribution is 2.16. The number of aromatic nitrogens is 1. The van der Waals surface area contributed by atoms with Crippen LogP contribution in [0.2, 0.25) is 0 Å². The van der Waals surface area contributed by atoms with Gasteiger partial charge in [-0.2, -0.15) is 0 Å². The number of hydrogen-bond acceptors (Lipinski definition) is 4. The molecule has 4 nitrogen and oxygen atoms in total. The van der Waals surface area contributed by atoms with E-state index in [0.717, 1.165) is 22.9 Å². The number of hydrogen-bond donors (Lipinski definition) is 1. The second-order valence-corrected chi connectivity index (χ2v) is 4.26. The normalized spacial score (nSPS) is 12.4. The van der Waals surface area contributed by atoms with Gasteiger partial charge in [0.05, 0.1) is 25.1 Å². The number of pyridine rings is 1. The van der Waals surface area contributed by atoms with Gasteiger partial charge in [-0.1, -0.05) is 0 Å². The Hall–Kier alpha value is -1.81. The van der Waals surface area contributed by atoms with E-state index in [0.29, 0.717) is 6.54 Å². The summed E-state index contributed by atoms with van der Waals surface area (Å²) in [7, 11) is 1.66. The van der Waals surface area contributed by atoms with Gasteiger partial charge in [0.1, 0.15) is 11.5 Å². The molecule has 0 aliphatic heterocycles. The van der Waals surface area contributed by atoms with E-state index in [2.05, 4.69) is 17.2 Å². The minimum atomic E-state index is 0.160. The molecule has 0 saturated heterocycles. The molecule has 96 valence electrons. The average Bonchev–Trinajstić information content (AvgIpc) is 2.89. The highest BCUT2D eigenvalue weighted by Gasteiger charge is 2.08. The molecule has 1 unspecified atom stereocenters. The van der Waals surface area contributed by atoms with Crippen LogP contribution >= 0.6 is 0 Å². The van der Waals surface area contributed by atoms with Crippen molar-refractivity contribution in [2.45, 2.75) is 26.4 Å². The molecule has 2 aromatic rings. The molecule has 0 saturated carbocycles. The summed E-state index contributed by atoms with van der Waals surface area (Å²) >= 11 is 0. The summed E-state index contributed by atoms with van der Waals surface area (Å²) in [4.78, 5) is 4.46. The van der Waals surface area contributed by atoms with E-state index in [1.54, 1.807) is 13.4 Å². The molecule has 0 spiro atoms. The zero-order valence-electron chi connectivity index (χ0n) is 10.9. The summed E-state index contributed by atoms with van der Waals surface area (Å²) in [5.74, 6) is 1.76. The molecule has 0 radical (unpaired) electrons. The molecule has 0 bridgehead atoms. The highest BCUT2D eigenvalue weighted by atomic mass is 16.5. The van der Waals surface area contributed by atoms with Gasteiger partial charge in [-0.05, 0) is 26.0 Å². The maximum atomic E-state index is 5.34. The molecule has 0 aliphatic carbocycles. The largest absolute Gasteiger partial charge is 0.497 e. The molecular formula is C14H18N2O2. The summed E-state index contributed by atoms with van der Waals surface area (Å²) < 4.78 is 10.6. The van der Waals surface area contributed by atoms with Gasteiger partial charge >= 0.3 is 0 Å². The van der Waals surface area contributed by atoms with Crippen LogP contribution in [0.3, 0.4) is 0 Å². The van der Waals surface area contributed by atoms with Crippen LogP contribution in [0.4, 0.5) is 0 Å². The van der Waals surface area contributed by atoms with Gasteiger partial charge in [-0.3, -0.25) is 4.98 Å². The molecule has 18 heavy (non-hydrogen) atoms. The Kier molecular flexibility index (Phi) is 3.99. The second kappa shape index (κ2) is 5.69. The lowest BCUT2D eigenvalue weighted by Gasteiger charge is -2.12. The van der Waals surface area contributed by atoms with Gasteiger partial charge in [-0.15, -0.1) is 0 Å². The third kappa shape index (κ3) is 3.11. The molecule has 0 aromatic carbocycles. The van der Waals surface area contributed by atoms with E-state index in [9.17, 15) is 0 Å². The molecule has 1 N–H and O–H groups in total. The first-order valence-electron chi connectivity index (χ1n) is 5.97. The van der Waals surface area contributed by atoms with Crippen LogP contribution in [-0.2, 0) is 6.54 Å². The molecule has 2 aromatic heterocycles. The monoisotopic (exact) mass is 246 g/mol. The lowest BCUT2D eigenvalue weighted by Crippen LogP contribution is -2.18. The number of methoxy groups -OCH3 is 1. The van der Waals surface area contributed by atoms with Crippen LogP contribution in [0, 0.1) is 6.92 Å². The van der Waals surface area contributed by atoms with Crippen molar-refractivity contribution in [3.8, 4) is 5.75 Å². The molecule has 2 heterocycles. The maximum absolute atomic E-state index is 5.34. The van der Waals surface area contributed by atoms with Crippen molar-refractivity contribution < 1.29 is 9.15 Å². The number of rotatable bonds is 5.